The summed E-state index contributed by atoms with van der Waals surface area (Å²) < 4.78 is 30.7. The Bertz CT molecular complexity index is 1080. The third kappa shape index (κ3) is 5.69. The molecular formula is C24H27BClF2N5S. The van der Waals surface area contributed by atoms with Crippen LogP contribution in [0, 0.1) is 22.9 Å². The topological polar surface area (TPSA) is 68.3 Å². The average Bonchev–Trinajstić information content (AvgIpc) is 2.81. The van der Waals surface area contributed by atoms with Crippen molar-refractivity contribution in [3.8, 4) is 5.97 Å². The minimum Gasteiger partial charge on any atom is -0.324 e. The summed E-state index contributed by atoms with van der Waals surface area (Å²) >= 11 is 7.72. The van der Waals surface area contributed by atoms with Gasteiger partial charge in [-0.2, -0.15) is 0 Å². The van der Waals surface area contributed by atoms with Crippen LogP contribution in [0.4, 0.5) is 14.5 Å². The van der Waals surface area contributed by atoms with Crippen molar-refractivity contribution in [2.24, 2.45) is 5.84 Å². The minimum atomic E-state index is -0.483. The summed E-state index contributed by atoms with van der Waals surface area (Å²) in [6, 6.07) is 10.0. The fourth-order valence-electron chi connectivity index (χ4n) is 4.45. The van der Waals surface area contributed by atoms with Gasteiger partial charge in [-0.25, -0.2) is 14.0 Å². The summed E-state index contributed by atoms with van der Waals surface area (Å²) in [5.74, 6) is 6.90. The van der Waals surface area contributed by atoms with E-state index >= 15 is 0 Å². The van der Waals surface area contributed by atoms with E-state index in [4.69, 9.17) is 22.7 Å². The molecule has 0 aromatic heterocycles. The number of anilines is 1. The van der Waals surface area contributed by atoms with Crippen LogP contribution < -0.4 is 15.6 Å². The molecule has 178 valence electrons. The highest BCUT2D eigenvalue weighted by atomic mass is 35.5. The molecule has 0 bridgehead atoms. The normalized spacial score (nSPS) is 17.2. The van der Waals surface area contributed by atoms with Crippen molar-refractivity contribution in [1.29, 1.82) is 5.26 Å². The molecule has 2 heterocycles. The van der Waals surface area contributed by atoms with Crippen LogP contribution in [0.2, 0.25) is 17.7 Å². The van der Waals surface area contributed by atoms with Gasteiger partial charge < -0.3 is 14.6 Å². The number of halogens is 3. The lowest BCUT2D eigenvalue weighted by molar-refractivity contribution is 0.176. The first kappa shape index (κ1) is 24.9. The van der Waals surface area contributed by atoms with Crippen molar-refractivity contribution in [3.63, 3.8) is 0 Å². The number of rotatable bonds is 8. The zero-order chi connectivity index (χ0) is 24.2. The summed E-state index contributed by atoms with van der Waals surface area (Å²) in [6.45, 7) is 6.24. The Balaban J connectivity index is 1.46. The molecule has 0 atom stereocenters. The van der Waals surface area contributed by atoms with Crippen LogP contribution in [0.25, 0.3) is 5.70 Å². The Labute approximate surface area is 209 Å². The van der Waals surface area contributed by atoms with E-state index in [9.17, 15) is 8.78 Å². The maximum absolute atomic E-state index is 14.9. The van der Waals surface area contributed by atoms with Crippen LogP contribution in [0.15, 0.2) is 43.0 Å². The van der Waals surface area contributed by atoms with Crippen LogP contribution in [0.1, 0.15) is 24.0 Å². The zero-order valence-corrected chi connectivity index (χ0v) is 20.4. The van der Waals surface area contributed by atoms with E-state index in [0.29, 0.717) is 34.7 Å². The van der Waals surface area contributed by atoms with Crippen LogP contribution in [0.5, 0.6) is 0 Å². The van der Waals surface area contributed by atoms with Crippen LogP contribution in [0.3, 0.4) is 0 Å². The standard InChI is InChI=1S/C24H27BClF2N5S/c1-16(31-30)17-2-3-18(24(28)10-17)14-33(19-4-5-23(27)22(26)11-19)34-21-6-8-32(9-7-21)20-12-25(13-20)15-29/h2-5,10-11,20-21,31H,1,6-9,12-14,30H2. The lowest BCUT2D eigenvalue weighted by Gasteiger charge is -2.43. The summed E-state index contributed by atoms with van der Waals surface area (Å²) in [4.78, 5) is 2.49. The molecule has 2 aliphatic heterocycles. The van der Waals surface area contributed by atoms with Gasteiger partial charge in [-0.05, 0) is 80.8 Å². The second-order valence-electron chi connectivity index (χ2n) is 8.86. The summed E-state index contributed by atoms with van der Waals surface area (Å²) in [5.41, 5.74) is 4.69. The molecule has 0 spiro atoms. The van der Waals surface area contributed by atoms with Gasteiger partial charge in [0, 0.05) is 33.7 Å². The lowest BCUT2D eigenvalue weighted by atomic mass is 9.34. The number of nitriles is 1. The van der Waals surface area contributed by atoms with E-state index in [-0.39, 0.29) is 17.6 Å². The Morgan fingerprint density at radius 2 is 1.97 bits per heavy atom. The minimum absolute atomic E-state index is 0.0380. The number of nitrogens with two attached hydrogens (primary N) is 1. The van der Waals surface area contributed by atoms with Gasteiger partial charge in [0.2, 0.25) is 0 Å². The van der Waals surface area contributed by atoms with Gasteiger partial charge in [0.25, 0.3) is 6.71 Å². The molecule has 2 aliphatic rings. The maximum atomic E-state index is 14.9. The highest BCUT2D eigenvalue weighted by Crippen LogP contribution is 2.37. The molecule has 2 aromatic rings. The molecule has 0 unspecified atom stereocenters. The first-order valence-corrected chi connectivity index (χ1v) is 12.6. The summed E-state index contributed by atoms with van der Waals surface area (Å²) in [6.07, 6.45) is 3.92. The van der Waals surface area contributed by atoms with Gasteiger partial charge >= 0.3 is 0 Å². The average molecular weight is 502 g/mol. The van der Waals surface area contributed by atoms with Crippen molar-refractivity contribution >= 4 is 41.6 Å². The summed E-state index contributed by atoms with van der Waals surface area (Å²) in [5, 5.41) is 9.41. The Morgan fingerprint density at radius 3 is 2.59 bits per heavy atom. The molecule has 5 nitrogen and oxygen atoms in total. The lowest BCUT2D eigenvalue weighted by Crippen LogP contribution is -2.51. The number of hydrazine groups is 1. The van der Waals surface area contributed by atoms with Crippen LogP contribution in [-0.4, -0.2) is 36.0 Å². The van der Waals surface area contributed by atoms with E-state index in [0.717, 1.165) is 44.3 Å². The number of hydrogen-bond acceptors (Lipinski definition) is 6. The molecule has 0 radical (unpaired) electrons. The Kier molecular flexibility index (Phi) is 8.04. The fraction of sp³-hybridized carbons (Fsp3) is 0.375. The first-order valence-electron chi connectivity index (χ1n) is 11.3. The quantitative estimate of drug-likeness (QED) is 0.227. The fourth-order valence-corrected chi connectivity index (χ4v) is 5.85. The molecule has 0 saturated carbocycles. The van der Waals surface area contributed by atoms with Crippen LogP contribution in [-0.2, 0) is 6.54 Å². The molecule has 34 heavy (non-hydrogen) atoms. The molecule has 2 fully saturated rings. The van der Waals surface area contributed by atoms with Crippen molar-refractivity contribution < 1.29 is 8.78 Å². The molecule has 10 heteroatoms. The molecule has 2 saturated heterocycles. The van der Waals surface area contributed by atoms with Crippen molar-refractivity contribution in [3.05, 3.63) is 70.8 Å². The van der Waals surface area contributed by atoms with E-state index in [1.165, 1.54) is 12.1 Å². The van der Waals surface area contributed by atoms with Gasteiger partial charge in [-0.15, -0.1) is 0 Å². The first-order chi connectivity index (χ1) is 16.4. The molecule has 4 rings (SSSR count). The zero-order valence-electron chi connectivity index (χ0n) is 18.8. The monoisotopic (exact) mass is 501 g/mol. The largest absolute Gasteiger partial charge is 0.324 e. The van der Waals surface area contributed by atoms with E-state index in [2.05, 4.69) is 22.9 Å². The van der Waals surface area contributed by atoms with E-state index < -0.39 is 5.82 Å². The maximum Gasteiger partial charge on any atom is 0.270 e. The number of nitrogens with zero attached hydrogens (tertiary/aromatic N) is 3. The molecule has 0 amide bonds. The number of likely N-dealkylation sites (tertiary alicyclic amines) is 1. The molecule has 2 aromatic carbocycles. The van der Waals surface area contributed by atoms with Gasteiger partial charge in [-0.1, -0.05) is 30.3 Å². The Hall–Kier alpha value is -2.25. The number of nitrogens with one attached hydrogen (secondary N) is 1. The van der Waals surface area contributed by atoms with Gasteiger partial charge in [0.05, 0.1) is 11.6 Å². The second-order valence-corrected chi connectivity index (χ2v) is 10.6. The summed E-state index contributed by atoms with van der Waals surface area (Å²) in [7, 11) is 0. The van der Waals surface area contributed by atoms with Gasteiger partial charge in [0.1, 0.15) is 11.6 Å². The van der Waals surface area contributed by atoms with Crippen molar-refractivity contribution in [2.75, 3.05) is 17.4 Å². The number of piperidine rings is 1. The number of benzene rings is 2. The van der Waals surface area contributed by atoms with Gasteiger partial charge in [-0.3, -0.25) is 5.84 Å². The highest BCUT2D eigenvalue weighted by Gasteiger charge is 2.38. The predicted octanol–water partition coefficient (Wildman–Crippen LogP) is 5.11. The third-order valence-electron chi connectivity index (χ3n) is 6.65. The van der Waals surface area contributed by atoms with E-state index in [1.54, 1.807) is 36.2 Å². The SMILES string of the molecule is C=C(NN)c1ccc(CN(SC2CCN(C3CB(C#N)C3)CC2)c2ccc(F)c(Cl)c2)c(F)c1. The molecule has 0 aliphatic carbocycles. The van der Waals surface area contributed by atoms with E-state index in [1.807, 2.05) is 4.31 Å². The third-order valence-corrected chi connectivity index (χ3v) is 8.30. The number of hydrogen-bond donors (Lipinski definition) is 2. The predicted molar refractivity (Wildman–Crippen MR) is 137 cm³/mol. The smallest absolute Gasteiger partial charge is 0.270 e. The molecular weight excluding hydrogens is 475 g/mol. The van der Waals surface area contributed by atoms with Gasteiger partial charge in [0.15, 0.2) is 0 Å². The van der Waals surface area contributed by atoms with Crippen molar-refractivity contribution in [2.45, 2.75) is 43.3 Å². The highest BCUT2D eigenvalue weighted by molar-refractivity contribution is 8.01. The van der Waals surface area contributed by atoms with Crippen molar-refractivity contribution in [1.82, 2.24) is 10.3 Å². The second kappa shape index (κ2) is 11.0. The molecule has 3 N–H and O–H groups in total. The Morgan fingerprint density at radius 1 is 1.24 bits per heavy atom. The van der Waals surface area contributed by atoms with Crippen LogP contribution >= 0.6 is 23.5 Å².